The van der Waals surface area contributed by atoms with E-state index in [2.05, 4.69) is 49.4 Å². The van der Waals surface area contributed by atoms with Gasteiger partial charge in [-0.15, -0.1) is 20.9 Å². The zero-order chi connectivity index (χ0) is 11.8. The van der Waals surface area contributed by atoms with Crippen LogP contribution in [0.25, 0.3) is 0 Å². The third-order valence-electron chi connectivity index (χ3n) is 3.21. The molecule has 2 atom stereocenters. The van der Waals surface area contributed by atoms with Gasteiger partial charge in [-0.2, -0.15) is 0 Å². The van der Waals surface area contributed by atoms with Crippen molar-refractivity contribution < 1.29 is 0 Å². The van der Waals surface area contributed by atoms with Crippen molar-refractivity contribution in [2.24, 2.45) is 0 Å². The molecule has 0 bridgehead atoms. The maximum atomic E-state index is 4.77. The molecule has 0 amide bonds. The van der Waals surface area contributed by atoms with Crippen LogP contribution in [0.15, 0.2) is 0 Å². The fourth-order valence-corrected chi connectivity index (χ4v) is 4.67. The number of rotatable bonds is 2. The molecule has 1 saturated heterocycles. The number of hydrogen-bond donors (Lipinski definition) is 1. The summed E-state index contributed by atoms with van der Waals surface area (Å²) in [6, 6.07) is 1.94. The van der Waals surface area contributed by atoms with Crippen LogP contribution in [0.5, 0.6) is 0 Å². The third kappa shape index (κ3) is 3.29. The van der Waals surface area contributed by atoms with Gasteiger partial charge < -0.3 is 0 Å². The van der Waals surface area contributed by atoms with Crippen molar-refractivity contribution in [1.29, 1.82) is 0 Å². The maximum Gasteiger partial charge on any atom is 0.0294 e. The predicted molar refractivity (Wildman–Crippen MR) is 75.9 cm³/mol. The van der Waals surface area contributed by atoms with E-state index in [1.807, 2.05) is 0 Å². The van der Waals surface area contributed by atoms with Gasteiger partial charge >= 0.3 is 0 Å². The first-order chi connectivity index (χ1) is 6.73. The molecule has 0 saturated carbocycles. The lowest BCUT2D eigenvalue weighted by molar-refractivity contribution is 0.0710. The second kappa shape index (κ2) is 4.86. The number of hydrogen-bond acceptors (Lipinski definition) is 3. The van der Waals surface area contributed by atoms with E-state index in [9.17, 15) is 0 Å². The van der Waals surface area contributed by atoms with Crippen LogP contribution < -0.4 is 0 Å². The minimum Gasteiger partial charge on any atom is -0.295 e. The van der Waals surface area contributed by atoms with Crippen LogP contribution in [-0.4, -0.2) is 52.9 Å². The lowest BCUT2D eigenvalue weighted by Crippen LogP contribution is -2.57. The van der Waals surface area contributed by atoms with E-state index in [0.717, 1.165) is 6.54 Å². The van der Waals surface area contributed by atoms with Crippen molar-refractivity contribution >= 4 is 20.9 Å². The quantitative estimate of drug-likeness (QED) is 0.594. The molecular formula is C11H26N2S2. The van der Waals surface area contributed by atoms with E-state index in [1.165, 1.54) is 6.54 Å². The summed E-state index contributed by atoms with van der Waals surface area (Å²) < 4.78 is 2.58. The average molecular weight is 250 g/mol. The van der Waals surface area contributed by atoms with E-state index in [1.54, 1.807) is 0 Å². The predicted octanol–water partition coefficient (Wildman–Crippen LogP) is 2.61. The minimum absolute atomic E-state index is 0.631. The number of thiol groups is 1. The summed E-state index contributed by atoms with van der Waals surface area (Å²) in [6.45, 7) is 11.6. The molecule has 4 heteroatoms. The van der Waals surface area contributed by atoms with Crippen LogP contribution in [0.3, 0.4) is 0 Å². The van der Waals surface area contributed by atoms with Crippen molar-refractivity contribution in [2.45, 2.75) is 45.8 Å². The zero-order valence-corrected chi connectivity index (χ0v) is 12.6. The first-order valence-corrected chi connectivity index (χ1v) is 9.17. The van der Waals surface area contributed by atoms with Crippen molar-refractivity contribution in [3.05, 3.63) is 0 Å². The second-order valence-corrected chi connectivity index (χ2v) is 10.9. The minimum atomic E-state index is -0.856. The van der Waals surface area contributed by atoms with Gasteiger partial charge in [0.05, 0.1) is 0 Å². The fourth-order valence-electron chi connectivity index (χ4n) is 2.46. The largest absolute Gasteiger partial charge is 0.295 e. The van der Waals surface area contributed by atoms with E-state index < -0.39 is 9.25 Å². The van der Waals surface area contributed by atoms with E-state index in [-0.39, 0.29) is 0 Å². The van der Waals surface area contributed by atoms with Crippen LogP contribution >= 0.6 is 20.9 Å². The van der Waals surface area contributed by atoms with Gasteiger partial charge in [-0.25, -0.2) is 0 Å². The molecule has 2 nitrogen and oxygen atoms in total. The lowest BCUT2D eigenvalue weighted by Gasteiger charge is -2.52. The monoisotopic (exact) mass is 250 g/mol. The molecule has 0 aliphatic carbocycles. The van der Waals surface area contributed by atoms with E-state index in [0.29, 0.717) is 18.1 Å². The molecule has 1 aliphatic heterocycles. The smallest absolute Gasteiger partial charge is 0.0294 e. The number of piperazine rings is 1. The molecule has 0 aromatic carbocycles. The highest BCUT2D eigenvalue weighted by molar-refractivity contribution is 8.86. The SMILES string of the molecule is CC(C)N1CC(C)N(S(C)(C)S)CC1C. The zero-order valence-electron chi connectivity index (χ0n) is 10.9. The van der Waals surface area contributed by atoms with Crippen molar-refractivity contribution in [1.82, 2.24) is 9.21 Å². The van der Waals surface area contributed by atoms with Gasteiger partial charge in [0.1, 0.15) is 0 Å². The Morgan fingerprint density at radius 3 is 2.07 bits per heavy atom. The van der Waals surface area contributed by atoms with Crippen molar-refractivity contribution in [2.75, 3.05) is 25.6 Å². The standard InChI is InChI=1S/C11H26N2S2/c1-9(2)12-7-11(4)13(8-10(12)3)15(5,6)14/h9-11,14H,7-8H2,1-6H3. The van der Waals surface area contributed by atoms with E-state index in [4.69, 9.17) is 11.7 Å². The van der Waals surface area contributed by atoms with Crippen LogP contribution in [0.2, 0.25) is 0 Å². The molecular weight excluding hydrogens is 224 g/mol. The Labute approximate surface area is 102 Å². The Balaban J connectivity index is 2.71. The summed E-state index contributed by atoms with van der Waals surface area (Å²) in [6.07, 6.45) is 4.54. The fraction of sp³-hybridized carbons (Fsp3) is 1.00. The molecule has 1 heterocycles. The molecule has 1 fully saturated rings. The molecule has 0 spiro atoms. The maximum absolute atomic E-state index is 4.77. The summed E-state index contributed by atoms with van der Waals surface area (Å²) in [7, 11) is -0.856. The van der Waals surface area contributed by atoms with Gasteiger partial charge in [-0.3, -0.25) is 9.21 Å². The topological polar surface area (TPSA) is 6.48 Å². The van der Waals surface area contributed by atoms with Crippen LogP contribution in [0.4, 0.5) is 0 Å². The van der Waals surface area contributed by atoms with Crippen LogP contribution in [0.1, 0.15) is 27.7 Å². The lowest BCUT2D eigenvalue weighted by atomic mass is 10.1. The highest BCUT2D eigenvalue weighted by Crippen LogP contribution is 2.51. The molecule has 0 radical (unpaired) electrons. The number of nitrogens with zero attached hydrogens (tertiary/aromatic N) is 2. The molecule has 2 unspecified atom stereocenters. The normalized spacial score (nSPS) is 32.3. The van der Waals surface area contributed by atoms with Crippen LogP contribution in [-0.2, 0) is 0 Å². The van der Waals surface area contributed by atoms with Crippen molar-refractivity contribution in [3.8, 4) is 0 Å². The molecule has 0 aromatic heterocycles. The van der Waals surface area contributed by atoms with Gasteiger partial charge in [-0.05, 0) is 40.2 Å². The third-order valence-corrected chi connectivity index (χ3v) is 5.50. The average Bonchev–Trinajstić information content (AvgIpc) is 2.06. The first-order valence-electron chi connectivity index (χ1n) is 5.71. The van der Waals surface area contributed by atoms with Gasteiger partial charge in [0.25, 0.3) is 0 Å². The highest BCUT2D eigenvalue weighted by Gasteiger charge is 2.34. The Hall–Kier alpha value is 0.620. The van der Waals surface area contributed by atoms with Gasteiger partial charge in [0.2, 0.25) is 0 Å². The molecule has 15 heavy (non-hydrogen) atoms. The molecule has 0 aromatic rings. The summed E-state index contributed by atoms with van der Waals surface area (Å²) in [5.41, 5.74) is 0. The van der Waals surface area contributed by atoms with E-state index >= 15 is 0 Å². The Bertz CT molecular complexity index is 213. The molecule has 0 N–H and O–H groups in total. The van der Waals surface area contributed by atoms with Gasteiger partial charge in [0, 0.05) is 31.2 Å². The molecule has 1 aliphatic rings. The first kappa shape index (κ1) is 13.7. The van der Waals surface area contributed by atoms with Crippen molar-refractivity contribution in [3.63, 3.8) is 0 Å². The van der Waals surface area contributed by atoms with Gasteiger partial charge in [0.15, 0.2) is 0 Å². The van der Waals surface area contributed by atoms with Crippen LogP contribution in [0, 0.1) is 0 Å². The Kier molecular flexibility index (Phi) is 4.43. The molecule has 92 valence electrons. The molecule has 1 rings (SSSR count). The van der Waals surface area contributed by atoms with Gasteiger partial charge in [-0.1, -0.05) is 0 Å². The summed E-state index contributed by atoms with van der Waals surface area (Å²) >= 11 is 4.77. The Morgan fingerprint density at radius 2 is 1.67 bits per heavy atom. The Morgan fingerprint density at radius 1 is 1.13 bits per heavy atom. The summed E-state index contributed by atoms with van der Waals surface area (Å²) in [5, 5.41) is 0. The second-order valence-electron chi connectivity index (χ2n) is 5.31. The highest BCUT2D eigenvalue weighted by atomic mass is 33.1. The summed E-state index contributed by atoms with van der Waals surface area (Å²) in [4.78, 5) is 2.60. The summed E-state index contributed by atoms with van der Waals surface area (Å²) in [5.74, 6) is 0.